The van der Waals surface area contributed by atoms with Gasteiger partial charge in [0.2, 0.25) is 0 Å². The van der Waals surface area contributed by atoms with Crippen molar-refractivity contribution in [3.63, 3.8) is 0 Å². The standard InChI is InChI=1S/C7H6FO/c8-6-9-7-4-2-1-3-5-7/h1-6H. The monoisotopic (exact) mass is 125 g/mol. The second-order valence-electron chi connectivity index (χ2n) is 1.52. The quantitative estimate of drug-likeness (QED) is 0.588. The molecule has 0 fully saturated rings. The smallest absolute Gasteiger partial charge is 0.304 e. The van der Waals surface area contributed by atoms with Gasteiger partial charge in [0.15, 0.2) is 0 Å². The first-order valence-electron chi connectivity index (χ1n) is 2.57. The summed E-state index contributed by atoms with van der Waals surface area (Å²) >= 11 is 0. The summed E-state index contributed by atoms with van der Waals surface area (Å²) in [5.74, 6) is 0.514. The molecule has 0 spiro atoms. The summed E-state index contributed by atoms with van der Waals surface area (Å²) in [4.78, 5) is 0. The topological polar surface area (TPSA) is 9.23 Å². The van der Waals surface area contributed by atoms with Crippen LogP contribution in [0, 0.1) is 6.86 Å². The zero-order chi connectivity index (χ0) is 6.53. The van der Waals surface area contributed by atoms with E-state index >= 15 is 0 Å². The van der Waals surface area contributed by atoms with E-state index in [9.17, 15) is 4.39 Å². The van der Waals surface area contributed by atoms with Crippen LogP contribution in [-0.4, -0.2) is 0 Å². The maximum Gasteiger partial charge on any atom is 0.304 e. The van der Waals surface area contributed by atoms with Crippen LogP contribution in [0.4, 0.5) is 4.39 Å². The fourth-order valence-corrected chi connectivity index (χ4v) is 0.550. The predicted molar refractivity (Wildman–Crippen MR) is 32.5 cm³/mol. The Hall–Kier alpha value is -1.05. The van der Waals surface area contributed by atoms with Crippen molar-refractivity contribution in [2.24, 2.45) is 0 Å². The molecule has 0 heterocycles. The molecular formula is C7H6FO. The summed E-state index contributed by atoms with van der Waals surface area (Å²) < 4.78 is 15.7. The first kappa shape index (κ1) is 6.08. The second kappa shape index (κ2) is 3.07. The Kier molecular flexibility index (Phi) is 2.07. The molecule has 9 heavy (non-hydrogen) atoms. The molecule has 0 saturated heterocycles. The maximum absolute atomic E-state index is 11.3. The Morgan fingerprint density at radius 3 is 2.44 bits per heavy atom. The van der Waals surface area contributed by atoms with Crippen molar-refractivity contribution in [2.75, 3.05) is 0 Å². The minimum absolute atomic E-state index is 0.162. The van der Waals surface area contributed by atoms with Crippen LogP contribution >= 0.6 is 0 Å². The van der Waals surface area contributed by atoms with Crippen LogP contribution in [0.25, 0.3) is 0 Å². The highest BCUT2D eigenvalue weighted by Crippen LogP contribution is 2.08. The van der Waals surface area contributed by atoms with Gasteiger partial charge in [0.1, 0.15) is 5.75 Å². The SMILES string of the molecule is F[CH]Oc1ccccc1. The molecule has 0 aliphatic rings. The predicted octanol–water partition coefficient (Wildman–Crippen LogP) is 2.15. The lowest BCUT2D eigenvalue weighted by Gasteiger charge is -1.95. The van der Waals surface area contributed by atoms with Crippen LogP contribution in [0.15, 0.2) is 30.3 Å². The van der Waals surface area contributed by atoms with Gasteiger partial charge in [0, 0.05) is 0 Å². The Balaban J connectivity index is 2.61. The lowest BCUT2D eigenvalue weighted by Crippen LogP contribution is -1.81. The summed E-state index contributed by atoms with van der Waals surface area (Å²) in [7, 11) is 0. The van der Waals surface area contributed by atoms with Crippen LogP contribution in [0.5, 0.6) is 5.75 Å². The minimum atomic E-state index is 0.162. The number of ether oxygens (including phenoxy) is 1. The number of para-hydroxylation sites is 1. The molecule has 0 atom stereocenters. The van der Waals surface area contributed by atoms with E-state index in [0.29, 0.717) is 5.75 Å². The average molecular weight is 125 g/mol. The van der Waals surface area contributed by atoms with Crippen molar-refractivity contribution >= 4 is 0 Å². The van der Waals surface area contributed by atoms with Gasteiger partial charge in [-0.15, -0.1) is 0 Å². The van der Waals surface area contributed by atoms with Crippen LogP contribution in [-0.2, 0) is 0 Å². The zero-order valence-electron chi connectivity index (χ0n) is 4.75. The van der Waals surface area contributed by atoms with Crippen LogP contribution in [0.1, 0.15) is 0 Å². The van der Waals surface area contributed by atoms with E-state index in [1.807, 2.05) is 6.07 Å². The van der Waals surface area contributed by atoms with Gasteiger partial charge in [-0.2, -0.15) is 4.39 Å². The average Bonchev–Trinajstić information content (AvgIpc) is 1.91. The maximum atomic E-state index is 11.3. The fraction of sp³-hybridized carbons (Fsp3) is 0. The van der Waals surface area contributed by atoms with E-state index in [4.69, 9.17) is 0 Å². The normalized spacial score (nSPS) is 9.00. The third kappa shape index (κ3) is 1.72. The molecule has 1 aromatic rings. The fourth-order valence-electron chi connectivity index (χ4n) is 0.550. The Morgan fingerprint density at radius 1 is 1.22 bits per heavy atom. The van der Waals surface area contributed by atoms with E-state index in [0.717, 1.165) is 0 Å². The molecule has 1 rings (SSSR count). The highest BCUT2D eigenvalue weighted by molar-refractivity contribution is 5.20. The summed E-state index contributed by atoms with van der Waals surface area (Å²) in [6.07, 6.45) is 0. The highest BCUT2D eigenvalue weighted by atomic mass is 19.1. The van der Waals surface area contributed by atoms with E-state index in [1.165, 1.54) is 0 Å². The molecule has 47 valence electrons. The van der Waals surface area contributed by atoms with Gasteiger partial charge in [-0.1, -0.05) is 18.2 Å². The molecule has 0 aliphatic carbocycles. The molecule has 0 amide bonds. The summed E-state index contributed by atoms with van der Waals surface area (Å²) in [5, 5.41) is 0. The van der Waals surface area contributed by atoms with Crippen molar-refractivity contribution in [3.8, 4) is 5.75 Å². The number of hydrogen-bond donors (Lipinski definition) is 0. The van der Waals surface area contributed by atoms with Gasteiger partial charge < -0.3 is 4.74 Å². The van der Waals surface area contributed by atoms with Gasteiger partial charge in [0.05, 0.1) is 0 Å². The van der Waals surface area contributed by atoms with Crippen molar-refractivity contribution in [3.05, 3.63) is 37.2 Å². The van der Waals surface area contributed by atoms with Crippen LogP contribution in [0.3, 0.4) is 0 Å². The Labute approximate surface area is 53.1 Å². The minimum Gasteiger partial charge on any atom is -0.454 e. The van der Waals surface area contributed by atoms with Crippen LogP contribution < -0.4 is 4.74 Å². The molecular weight excluding hydrogens is 119 g/mol. The lowest BCUT2D eigenvalue weighted by molar-refractivity contribution is 0.286. The molecule has 0 bridgehead atoms. The highest BCUT2D eigenvalue weighted by Gasteiger charge is 1.86. The Bertz CT molecular complexity index is 162. The van der Waals surface area contributed by atoms with Crippen LogP contribution in [0.2, 0.25) is 0 Å². The molecule has 1 nitrogen and oxygen atoms in total. The van der Waals surface area contributed by atoms with Gasteiger partial charge in [-0.3, -0.25) is 0 Å². The number of rotatable bonds is 2. The summed E-state index contributed by atoms with van der Waals surface area (Å²) in [5.41, 5.74) is 0. The number of halogens is 1. The molecule has 0 unspecified atom stereocenters. The van der Waals surface area contributed by atoms with E-state index in [-0.39, 0.29) is 6.86 Å². The molecule has 1 radical (unpaired) electrons. The molecule has 0 N–H and O–H groups in total. The summed E-state index contributed by atoms with van der Waals surface area (Å²) in [6.45, 7) is 0.162. The zero-order valence-corrected chi connectivity index (χ0v) is 4.75. The molecule has 0 aliphatic heterocycles. The van der Waals surface area contributed by atoms with E-state index in [2.05, 4.69) is 4.74 Å². The first-order chi connectivity index (χ1) is 4.43. The van der Waals surface area contributed by atoms with E-state index in [1.54, 1.807) is 24.3 Å². The van der Waals surface area contributed by atoms with Crippen molar-refractivity contribution in [1.82, 2.24) is 0 Å². The second-order valence-corrected chi connectivity index (χ2v) is 1.52. The number of benzene rings is 1. The van der Waals surface area contributed by atoms with Crippen molar-refractivity contribution in [1.29, 1.82) is 0 Å². The molecule has 2 heteroatoms. The summed E-state index contributed by atoms with van der Waals surface area (Å²) in [6, 6.07) is 8.74. The Morgan fingerprint density at radius 2 is 1.89 bits per heavy atom. The van der Waals surface area contributed by atoms with Gasteiger partial charge in [-0.05, 0) is 12.1 Å². The lowest BCUT2D eigenvalue weighted by atomic mass is 10.3. The molecule has 0 saturated carbocycles. The third-order valence-corrected chi connectivity index (χ3v) is 0.924. The first-order valence-corrected chi connectivity index (χ1v) is 2.57. The van der Waals surface area contributed by atoms with Gasteiger partial charge in [0.25, 0.3) is 0 Å². The van der Waals surface area contributed by atoms with Crippen molar-refractivity contribution in [2.45, 2.75) is 0 Å². The van der Waals surface area contributed by atoms with Gasteiger partial charge >= 0.3 is 6.86 Å². The third-order valence-electron chi connectivity index (χ3n) is 0.924. The van der Waals surface area contributed by atoms with Gasteiger partial charge in [-0.25, -0.2) is 0 Å². The number of hydrogen-bond acceptors (Lipinski definition) is 1. The van der Waals surface area contributed by atoms with Crippen molar-refractivity contribution < 1.29 is 9.13 Å². The van der Waals surface area contributed by atoms with E-state index < -0.39 is 0 Å². The molecule has 0 aromatic heterocycles. The molecule has 1 aromatic carbocycles. The largest absolute Gasteiger partial charge is 0.454 e.